The summed E-state index contributed by atoms with van der Waals surface area (Å²) in [5.41, 5.74) is 6.98. The third kappa shape index (κ3) is 1.67. The Morgan fingerprint density at radius 1 is 1.10 bits per heavy atom. The molecule has 3 heteroatoms. The van der Waals surface area contributed by atoms with Crippen molar-refractivity contribution in [2.24, 2.45) is 40.2 Å². The van der Waals surface area contributed by atoms with E-state index < -0.39 is 0 Å². The van der Waals surface area contributed by atoms with Crippen molar-refractivity contribution >= 4 is 5.91 Å². The van der Waals surface area contributed by atoms with Crippen molar-refractivity contribution in [3.8, 4) is 0 Å². The maximum absolute atomic E-state index is 12.8. The predicted molar refractivity (Wildman–Crippen MR) is 83.5 cm³/mol. The average Bonchev–Trinajstić information content (AvgIpc) is 3.09. The molecule has 0 spiro atoms. The fraction of sp³-hybridized carbons (Fsp3) is 0.944. The number of nitrogens with two attached hydrogens (primary N) is 1. The summed E-state index contributed by atoms with van der Waals surface area (Å²) < 4.78 is 0. The number of hydrogen-bond acceptors (Lipinski definition) is 2. The second-order valence-electron chi connectivity index (χ2n) is 9.11. The van der Waals surface area contributed by atoms with Crippen LogP contribution >= 0.6 is 0 Å². The minimum Gasteiger partial charge on any atom is -0.352 e. The van der Waals surface area contributed by atoms with Crippen LogP contribution in [0.3, 0.4) is 0 Å². The zero-order valence-electron chi connectivity index (χ0n) is 13.7. The van der Waals surface area contributed by atoms with Gasteiger partial charge in [0.1, 0.15) is 0 Å². The molecule has 7 atom stereocenters. The summed E-state index contributed by atoms with van der Waals surface area (Å²) in [5.74, 6) is 2.31. The van der Waals surface area contributed by atoms with Crippen LogP contribution < -0.4 is 11.1 Å². The van der Waals surface area contributed by atoms with Crippen molar-refractivity contribution in [3.63, 3.8) is 0 Å². The highest BCUT2D eigenvalue weighted by atomic mass is 16.2. The molecule has 3 N–H and O–H groups in total. The van der Waals surface area contributed by atoms with E-state index in [9.17, 15) is 4.79 Å². The predicted octanol–water partition coefficient (Wildman–Crippen LogP) is 2.69. The van der Waals surface area contributed by atoms with E-state index in [1.54, 1.807) is 0 Å². The monoisotopic (exact) mass is 290 g/mol. The van der Waals surface area contributed by atoms with Gasteiger partial charge in [-0.05, 0) is 67.1 Å². The number of carbonyl (C=O) groups is 1. The molecule has 4 aliphatic carbocycles. The van der Waals surface area contributed by atoms with Crippen LogP contribution in [0.2, 0.25) is 0 Å². The van der Waals surface area contributed by atoms with Crippen LogP contribution in [0.15, 0.2) is 0 Å². The molecule has 0 aromatic rings. The first-order valence-corrected chi connectivity index (χ1v) is 8.90. The fourth-order valence-corrected chi connectivity index (χ4v) is 6.41. The molecule has 4 rings (SSSR count). The van der Waals surface area contributed by atoms with E-state index >= 15 is 0 Å². The lowest BCUT2D eigenvalue weighted by molar-refractivity contribution is -0.128. The molecule has 4 saturated carbocycles. The summed E-state index contributed by atoms with van der Waals surface area (Å²) >= 11 is 0. The number of nitrogens with one attached hydrogen (secondary N) is 1. The normalized spacial score (nSPS) is 53.3. The second-order valence-corrected chi connectivity index (χ2v) is 9.11. The summed E-state index contributed by atoms with van der Waals surface area (Å²) in [5, 5.41) is 3.44. The molecule has 4 fully saturated rings. The molecule has 21 heavy (non-hydrogen) atoms. The van der Waals surface area contributed by atoms with Crippen LogP contribution in [0.4, 0.5) is 0 Å². The van der Waals surface area contributed by atoms with Crippen molar-refractivity contribution in [2.75, 3.05) is 0 Å². The molecule has 0 radical (unpaired) electrons. The van der Waals surface area contributed by atoms with Crippen molar-refractivity contribution < 1.29 is 4.79 Å². The Morgan fingerprint density at radius 3 is 2.33 bits per heavy atom. The topological polar surface area (TPSA) is 55.1 Å². The molecule has 0 aromatic heterocycles. The first-order chi connectivity index (χ1) is 9.84. The Morgan fingerprint density at radius 2 is 1.81 bits per heavy atom. The van der Waals surface area contributed by atoms with E-state index in [1.165, 1.54) is 38.5 Å². The molecule has 0 aromatic carbocycles. The minimum absolute atomic E-state index is 0.0922. The van der Waals surface area contributed by atoms with Gasteiger partial charge in [-0.3, -0.25) is 4.79 Å². The lowest BCUT2D eigenvalue weighted by Crippen LogP contribution is -2.52. The Bertz CT molecular complexity index is 472. The van der Waals surface area contributed by atoms with Crippen LogP contribution in [0.25, 0.3) is 0 Å². The molecular weight excluding hydrogens is 260 g/mol. The summed E-state index contributed by atoms with van der Waals surface area (Å²) in [6.45, 7) is 7.20. The Kier molecular flexibility index (Phi) is 2.84. The molecular formula is C18H30N2O. The van der Waals surface area contributed by atoms with Crippen LogP contribution in [0.1, 0.15) is 59.3 Å². The van der Waals surface area contributed by atoms with Gasteiger partial charge in [0.05, 0.1) is 5.92 Å². The highest BCUT2D eigenvalue weighted by Crippen LogP contribution is 2.65. The van der Waals surface area contributed by atoms with Gasteiger partial charge < -0.3 is 11.1 Å². The maximum Gasteiger partial charge on any atom is 0.225 e. The maximum atomic E-state index is 12.8. The van der Waals surface area contributed by atoms with Crippen molar-refractivity contribution in [1.82, 2.24) is 5.32 Å². The van der Waals surface area contributed by atoms with Gasteiger partial charge in [0.25, 0.3) is 0 Å². The number of rotatable bonds is 2. The van der Waals surface area contributed by atoms with Crippen molar-refractivity contribution in [1.29, 1.82) is 0 Å². The number of fused-ring (bicyclic) bond motifs is 4. The van der Waals surface area contributed by atoms with Gasteiger partial charge >= 0.3 is 0 Å². The second kappa shape index (κ2) is 4.24. The molecule has 3 nitrogen and oxygen atoms in total. The molecule has 7 unspecified atom stereocenters. The van der Waals surface area contributed by atoms with Gasteiger partial charge in [-0.15, -0.1) is 0 Å². The first kappa shape index (κ1) is 14.0. The SMILES string of the molecule is CC1(C)C2CCC1(C)C(NC(=O)C1C3CCC(C3)C1N)C2. The summed E-state index contributed by atoms with van der Waals surface area (Å²) in [7, 11) is 0. The lowest BCUT2D eigenvalue weighted by Gasteiger charge is -2.40. The summed E-state index contributed by atoms with van der Waals surface area (Å²) in [6.07, 6.45) is 7.42. The number of carbonyl (C=O) groups excluding carboxylic acids is 1. The molecule has 118 valence electrons. The van der Waals surface area contributed by atoms with E-state index in [2.05, 4.69) is 26.1 Å². The van der Waals surface area contributed by atoms with E-state index in [-0.39, 0.29) is 23.3 Å². The standard InChI is InChI=1S/C18H30N2O/c1-17(2)12-6-7-18(17,3)13(9-12)20-16(21)14-10-4-5-11(8-10)15(14)19/h10-15H,4-9,19H2,1-3H3,(H,20,21). The largest absolute Gasteiger partial charge is 0.352 e. The van der Waals surface area contributed by atoms with Gasteiger partial charge in [0, 0.05) is 12.1 Å². The van der Waals surface area contributed by atoms with Crippen LogP contribution in [0.5, 0.6) is 0 Å². The smallest absolute Gasteiger partial charge is 0.225 e. The highest BCUT2D eigenvalue weighted by Gasteiger charge is 2.62. The molecule has 0 heterocycles. The van der Waals surface area contributed by atoms with Crippen molar-refractivity contribution in [2.45, 2.75) is 71.4 Å². The zero-order chi connectivity index (χ0) is 15.0. The molecule has 4 aliphatic rings. The number of amides is 1. The molecule has 0 saturated heterocycles. The average molecular weight is 290 g/mol. The quantitative estimate of drug-likeness (QED) is 0.821. The zero-order valence-corrected chi connectivity index (χ0v) is 13.7. The Hall–Kier alpha value is -0.570. The Labute approximate surface area is 128 Å². The van der Waals surface area contributed by atoms with Crippen LogP contribution in [0, 0.1) is 34.5 Å². The molecule has 1 amide bonds. The fourth-order valence-electron chi connectivity index (χ4n) is 6.41. The summed E-state index contributed by atoms with van der Waals surface area (Å²) in [4.78, 5) is 12.8. The lowest BCUT2D eigenvalue weighted by atomic mass is 9.69. The third-order valence-corrected chi connectivity index (χ3v) is 8.39. The van der Waals surface area contributed by atoms with Gasteiger partial charge in [-0.1, -0.05) is 20.8 Å². The Balaban J connectivity index is 1.49. The van der Waals surface area contributed by atoms with E-state index in [4.69, 9.17) is 5.73 Å². The minimum atomic E-state index is 0.0922. The van der Waals surface area contributed by atoms with E-state index in [1.807, 2.05) is 0 Å². The third-order valence-electron chi connectivity index (χ3n) is 8.39. The van der Waals surface area contributed by atoms with Gasteiger partial charge in [0.15, 0.2) is 0 Å². The van der Waals surface area contributed by atoms with Crippen LogP contribution in [-0.2, 0) is 4.79 Å². The van der Waals surface area contributed by atoms with Gasteiger partial charge in [-0.2, -0.15) is 0 Å². The first-order valence-electron chi connectivity index (χ1n) is 8.90. The number of hydrogen-bond donors (Lipinski definition) is 2. The highest BCUT2D eigenvalue weighted by molar-refractivity contribution is 5.81. The van der Waals surface area contributed by atoms with Gasteiger partial charge in [0.2, 0.25) is 5.91 Å². The molecule has 0 aliphatic heterocycles. The van der Waals surface area contributed by atoms with Gasteiger partial charge in [-0.25, -0.2) is 0 Å². The van der Waals surface area contributed by atoms with E-state index in [0.717, 1.165) is 5.92 Å². The van der Waals surface area contributed by atoms with Crippen LogP contribution in [-0.4, -0.2) is 18.0 Å². The summed E-state index contributed by atoms with van der Waals surface area (Å²) in [6, 6.07) is 0.480. The van der Waals surface area contributed by atoms with E-state index in [0.29, 0.717) is 23.3 Å². The molecule has 4 bridgehead atoms. The van der Waals surface area contributed by atoms with Crippen molar-refractivity contribution in [3.05, 3.63) is 0 Å².